The van der Waals surface area contributed by atoms with Gasteiger partial charge in [-0.1, -0.05) is 12.1 Å². The Morgan fingerprint density at radius 1 is 1.05 bits per heavy atom. The number of hydrogen-bond acceptors (Lipinski definition) is 7. The summed E-state index contributed by atoms with van der Waals surface area (Å²) in [5, 5.41) is 24.9. The lowest BCUT2D eigenvalue weighted by Crippen LogP contribution is -2.21. The number of aliphatic carboxylic acids is 1. The minimum Gasteiger partial charge on any atom is -0.477 e. The standard InChI is InChI=1S/C24H28N4O4S.C2HF3O2/c1-33(31,32)19-8-5-17(6-9-19)4-2-12-25-13-3-15-28-23(24(29)30)21-10-7-18-16-26-14-11-20(18)22(21)27-28;3-2(4,5)1(6)7/h5-6,8-9,11,14,16,25H,2-4,7,10,12-13,15H2,1H3,(H,29,30);(H,6,7). The fourth-order valence-corrected chi connectivity index (χ4v) is 4.90. The second-order valence-electron chi connectivity index (χ2n) is 9.16. The number of alkyl halides is 3. The zero-order valence-electron chi connectivity index (χ0n) is 21.6. The van der Waals surface area contributed by atoms with Crippen LogP contribution in [-0.2, 0) is 40.4 Å². The average Bonchev–Trinajstić information content (AvgIpc) is 3.27. The highest BCUT2D eigenvalue weighted by molar-refractivity contribution is 7.90. The predicted molar refractivity (Wildman–Crippen MR) is 139 cm³/mol. The number of sulfone groups is 1. The van der Waals surface area contributed by atoms with Crippen LogP contribution in [0.15, 0.2) is 47.6 Å². The summed E-state index contributed by atoms with van der Waals surface area (Å²) in [6.45, 7) is 2.13. The van der Waals surface area contributed by atoms with Gasteiger partial charge in [0, 0.05) is 36.3 Å². The topological polar surface area (TPSA) is 151 Å². The van der Waals surface area contributed by atoms with Gasteiger partial charge >= 0.3 is 18.1 Å². The van der Waals surface area contributed by atoms with Crippen LogP contribution in [0.1, 0.15) is 40.0 Å². The second-order valence-corrected chi connectivity index (χ2v) is 11.2. The van der Waals surface area contributed by atoms with Crippen LogP contribution >= 0.6 is 0 Å². The van der Waals surface area contributed by atoms with Crippen molar-refractivity contribution in [3.8, 4) is 11.3 Å². The minimum atomic E-state index is -5.08. The van der Waals surface area contributed by atoms with Crippen molar-refractivity contribution in [2.24, 2.45) is 0 Å². The minimum absolute atomic E-state index is 0.296. The van der Waals surface area contributed by atoms with Gasteiger partial charge in [0.15, 0.2) is 9.84 Å². The molecule has 3 N–H and O–H groups in total. The van der Waals surface area contributed by atoms with Crippen molar-refractivity contribution < 1.29 is 41.4 Å². The number of nitrogens with zero attached hydrogens (tertiary/aromatic N) is 3. The fourth-order valence-electron chi connectivity index (χ4n) is 4.27. The Balaban J connectivity index is 0.000000559. The molecule has 0 radical (unpaired) electrons. The van der Waals surface area contributed by atoms with Gasteiger partial charge < -0.3 is 15.5 Å². The third-order valence-corrected chi connectivity index (χ3v) is 7.32. The number of aromatic carboxylic acids is 1. The number of rotatable bonds is 10. The number of carbonyl (C=O) groups is 2. The normalized spacial score (nSPS) is 12.6. The summed E-state index contributed by atoms with van der Waals surface area (Å²) in [4.78, 5) is 25.3. The Kier molecular flexibility index (Phi) is 10.0. The maximum Gasteiger partial charge on any atom is 0.490 e. The molecule has 0 amide bonds. The number of nitrogens with one attached hydrogen (secondary N) is 1. The molecule has 0 spiro atoms. The SMILES string of the molecule is CS(=O)(=O)c1ccc(CCCNCCCn2nc3c(c2C(=O)O)CCc2cnccc2-3)cc1.O=C(O)C(F)(F)F. The van der Waals surface area contributed by atoms with Gasteiger partial charge in [-0.25, -0.2) is 18.0 Å². The molecular formula is C26H29F3N4O6S. The molecule has 1 aliphatic carbocycles. The first-order valence-corrected chi connectivity index (χ1v) is 14.2. The van der Waals surface area contributed by atoms with Gasteiger partial charge in [-0.05, 0) is 74.5 Å². The average molecular weight is 583 g/mol. The lowest BCUT2D eigenvalue weighted by Gasteiger charge is -2.14. The van der Waals surface area contributed by atoms with Crippen LogP contribution in [0.5, 0.6) is 0 Å². The zero-order valence-corrected chi connectivity index (χ0v) is 22.4. The number of aromatic nitrogens is 3. The van der Waals surface area contributed by atoms with E-state index in [-0.39, 0.29) is 0 Å². The van der Waals surface area contributed by atoms with Gasteiger partial charge in [-0.2, -0.15) is 18.3 Å². The van der Waals surface area contributed by atoms with Gasteiger partial charge in [-0.3, -0.25) is 9.67 Å². The van der Waals surface area contributed by atoms with E-state index in [0.29, 0.717) is 23.6 Å². The number of pyridine rings is 1. The quantitative estimate of drug-likeness (QED) is 0.306. The first kappa shape index (κ1) is 30.8. The smallest absolute Gasteiger partial charge is 0.477 e. The lowest BCUT2D eigenvalue weighted by molar-refractivity contribution is -0.192. The molecule has 4 rings (SSSR count). The second kappa shape index (κ2) is 13.0. The van der Waals surface area contributed by atoms with E-state index in [1.54, 1.807) is 23.0 Å². The van der Waals surface area contributed by atoms with Crippen LogP contribution in [0.25, 0.3) is 11.3 Å². The summed E-state index contributed by atoms with van der Waals surface area (Å²) in [5.41, 5.74) is 5.08. The molecule has 40 heavy (non-hydrogen) atoms. The number of carboxylic acids is 2. The van der Waals surface area contributed by atoms with Crippen molar-refractivity contribution in [1.82, 2.24) is 20.1 Å². The highest BCUT2D eigenvalue weighted by atomic mass is 32.2. The molecule has 14 heteroatoms. The summed E-state index contributed by atoms with van der Waals surface area (Å²) < 4.78 is 56.4. The highest BCUT2D eigenvalue weighted by Crippen LogP contribution is 2.34. The molecule has 0 saturated heterocycles. The van der Waals surface area contributed by atoms with Gasteiger partial charge in [0.2, 0.25) is 0 Å². The number of halogens is 3. The molecule has 0 saturated carbocycles. The molecule has 0 aliphatic heterocycles. The van der Waals surface area contributed by atoms with Gasteiger partial charge in [-0.15, -0.1) is 0 Å². The van der Waals surface area contributed by atoms with Crippen molar-refractivity contribution in [2.45, 2.75) is 49.7 Å². The van der Waals surface area contributed by atoms with E-state index in [1.807, 2.05) is 24.4 Å². The Morgan fingerprint density at radius 2 is 1.70 bits per heavy atom. The number of fused-ring (bicyclic) bond motifs is 3. The molecule has 2 heterocycles. The van der Waals surface area contributed by atoms with Crippen LogP contribution in [0.3, 0.4) is 0 Å². The maximum absolute atomic E-state index is 11.9. The van der Waals surface area contributed by atoms with Crippen LogP contribution in [0.4, 0.5) is 13.2 Å². The summed E-state index contributed by atoms with van der Waals surface area (Å²) in [6.07, 6.45) is 3.69. The Morgan fingerprint density at radius 3 is 2.30 bits per heavy atom. The van der Waals surface area contributed by atoms with Crippen molar-refractivity contribution >= 4 is 21.8 Å². The summed E-state index contributed by atoms with van der Waals surface area (Å²) in [6, 6.07) is 8.93. The Bertz CT molecular complexity index is 1450. The van der Waals surface area contributed by atoms with Gasteiger partial charge in [0.25, 0.3) is 0 Å². The maximum atomic E-state index is 11.9. The van der Waals surface area contributed by atoms with Crippen LogP contribution < -0.4 is 5.32 Å². The van der Waals surface area contributed by atoms with E-state index in [0.717, 1.165) is 66.7 Å². The zero-order chi connectivity index (χ0) is 29.5. The number of benzene rings is 1. The van der Waals surface area contributed by atoms with Crippen LogP contribution in [-0.4, -0.2) is 70.9 Å². The van der Waals surface area contributed by atoms with Crippen molar-refractivity contribution in [2.75, 3.05) is 19.3 Å². The molecule has 0 fully saturated rings. The first-order valence-electron chi connectivity index (χ1n) is 12.3. The highest BCUT2D eigenvalue weighted by Gasteiger charge is 2.38. The van der Waals surface area contributed by atoms with E-state index >= 15 is 0 Å². The van der Waals surface area contributed by atoms with Crippen molar-refractivity contribution in [3.05, 3.63) is 65.1 Å². The number of hydrogen-bond donors (Lipinski definition) is 3. The van der Waals surface area contributed by atoms with E-state index in [9.17, 15) is 31.5 Å². The fraction of sp³-hybridized carbons (Fsp3) is 0.385. The van der Waals surface area contributed by atoms with Crippen molar-refractivity contribution in [1.29, 1.82) is 0 Å². The molecule has 0 bridgehead atoms. The summed E-state index contributed by atoms with van der Waals surface area (Å²) >= 11 is 0. The van der Waals surface area contributed by atoms with Gasteiger partial charge in [0.1, 0.15) is 5.69 Å². The first-order chi connectivity index (χ1) is 18.8. The number of aryl methyl sites for hydroxylation is 3. The van der Waals surface area contributed by atoms with Crippen molar-refractivity contribution in [3.63, 3.8) is 0 Å². The molecule has 1 aliphatic rings. The van der Waals surface area contributed by atoms with E-state index in [1.165, 1.54) is 6.26 Å². The molecule has 0 unspecified atom stereocenters. The van der Waals surface area contributed by atoms with Crippen LogP contribution in [0.2, 0.25) is 0 Å². The van der Waals surface area contributed by atoms with Crippen LogP contribution in [0, 0.1) is 0 Å². The van der Waals surface area contributed by atoms with E-state index < -0.39 is 28.0 Å². The Labute approximate surface area is 228 Å². The van der Waals surface area contributed by atoms with E-state index in [2.05, 4.69) is 15.4 Å². The number of carboxylic acid groups (broad SMARTS) is 2. The summed E-state index contributed by atoms with van der Waals surface area (Å²) in [5.74, 6) is -3.69. The molecule has 216 valence electrons. The molecule has 3 aromatic rings. The predicted octanol–water partition coefficient (Wildman–Crippen LogP) is 3.39. The molecule has 10 nitrogen and oxygen atoms in total. The molecule has 1 aromatic carbocycles. The lowest BCUT2D eigenvalue weighted by atomic mass is 9.90. The largest absolute Gasteiger partial charge is 0.490 e. The van der Waals surface area contributed by atoms with E-state index in [4.69, 9.17) is 9.90 Å². The molecular weight excluding hydrogens is 553 g/mol. The third kappa shape index (κ3) is 8.11. The monoisotopic (exact) mass is 582 g/mol. The van der Waals surface area contributed by atoms with Gasteiger partial charge in [0.05, 0.1) is 10.6 Å². The third-order valence-electron chi connectivity index (χ3n) is 6.19. The molecule has 2 aromatic heterocycles. The Hall–Kier alpha value is -3.78. The summed E-state index contributed by atoms with van der Waals surface area (Å²) in [7, 11) is -3.16. The molecule has 0 atom stereocenters.